The van der Waals surface area contributed by atoms with Crippen LogP contribution in [0, 0.1) is 11.8 Å². The van der Waals surface area contributed by atoms with Gasteiger partial charge in [0, 0.05) is 11.1 Å². The van der Waals surface area contributed by atoms with E-state index in [0.717, 1.165) is 19.3 Å². The fourth-order valence-electron chi connectivity index (χ4n) is 2.49. The summed E-state index contributed by atoms with van der Waals surface area (Å²) in [6.45, 7) is 1.35. The van der Waals surface area contributed by atoms with Gasteiger partial charge in [0.1, 0.15) is 5.60 Å². The summed E-state index contributed by atoms with van der Waals surface area (Å²) in [5.41, 5.74) is 0.145. The van der Waals surface area contributed by atoms with Crippen molar-refractivity contribution in [3.63, 3.8) is 0 Å². The zero-order valence-electron chi connectivity index (χ0n) is 13.1. The number of aliphatic carboxylic acids is 1. The van der Waals surface area contributed by atoms with Crippen molar-refractivity contribution in [1.29, 1.82) is 0 Å². The largest absolute Gasteiger partial charge is 0.548 e. The molecule has 5 heteroatoms. The number of hydrogen-bond acceptors (Lipinski definition) is 4. The van der Waals surface area contributed by atoms with Gasteiger partial charge in [0.05, 0.1) is 12.0 Å². The van der Waals surface area contributed by atoms with Crippen LogP contribution in [0.1, 0.15) is 54.9 Å². The van der Waals surface area contributed by atoms with Gasteiger partial charge in [0.25, 0.3) is 5.91 Å². The normalized spacial score (nSPS) is 17.5. The van der Waals surface area contributed by atoms with Crippen molar-refractivity contribution in [2.24, 2.45) is 0 Å². The van der Waals surface area contributed by atoms with E-state index in [9.17, 15) is 19.8 Å². The number of amides is 1. The molecule has 0 heterocycles. The topological polar surface area (TPSA) is 89.5 Å². The molecular formula is C18H20NO4-. The van der Waals surface area contributed by atoms with Gasteiger partial charge in [-0.25, -0.2) is 0 Å². The van der Waals surface area contributed by atoms with Gasteiger partial charge in [-0.15, -0.1) is 0 Å². The molecule has 1 aliphatic carbocycles. The van der Waals surface area contributed by atoms with E-state index < -0.39 is 23.5 Å². The van der Waals surface area contributed by atoms with Gasteiger partial charge in [0.15, 0.2) is 0 Å². The fourth-order valence-corrected chi connectivity index (χ4v) is 2.49. The Morgan fingerprint density at radius 3 is 2.39 bits per heavy atom. The Morgan fingerprint density at radius 1 is 1.22 bits per heavy atom. The lowest BCUT2D eigenvalue weighted by molar-refractivity contribution is -0.307. The van der Waals surface area contributed by atoms with Crippen molar-refractivity contribution >= 4 is 11.9 Å². The lowest BCUT2D eigenvalue weighted by Gasteiger charge is -2.26. The molecule has 0 radical (unpaired) electrons. The number of carbonyl (C=O) groups excluding carboxylic acids is 2. The van der Waals surface area contributed by atoms with E-state index in [4.69, 9.17) is 0 Å². The van der Waals surface area contributed by atoms with Crippen LogP contribution in [0.3, 0.4) is 0 Å². The Balaban J connectivity index is 2.02. The molecule has 0 aromatic heterocycles. The van der Waals surface area contributed by atoms with Crippen LogP contribution in [0.15, 0.2) is 24.3 Å². The van der Waals surface area contributed by atoms with Crippen LogP contribution in [0.25, 0.3) is 0 Å². The number of benzene rings is 1. The van der Waals surface area contributed by atoms with Crippen molar-refractivity contribution < 1.29 is 19.8 Å². The van der Waals surface area contributed by atoms with Crippen molar-refractivity contribution in [2.75, 3.05) is 0 Å². The third kappa shape index (κ3) is 4.83. The Morgan fingerprint density at radius 2 is 1.83 bits per heavy atom. The molecule has 0 spiro atoms. The van der Waals surface area contributed by atoms with Crippen LogP contribution in [0.5, 0.6) is 0 Å². The first-order chi connectivity index (χ1) is 10.9. The minimum absolute atomic E-state index is 0.347. The smallest absolute Gasteiger partial charge is 0.251 e. The Bertz CT molecular complexity index is 633. The lowest BCUT2D eigenvalue weighted by Crippen LogP contribution is -2.45. The van der Waals surface area contributed by atoms with Gasteiger partial charge in [-0.2, -0.15) is 0 Å². The molecule has 2 N–H and O–H groups in total. The molecular weight excluding hydrogens is 294 g/mol. The summed E-state index contributed by atoms with van der Waals surface area (Å²) in [5, 5.41) is 23.3. The number of carboxylic acid groups (broad SMARTS) is 1. The molecule has 1 aliphatic rings. The standard InChI is InChI=1S/C18H21NO4/c1-13(17(21)22)19-16(20)15-7-5-14(6-8-15)9-12-18(23)10-3-2-4-11-18/h5-8,13,23H,2-4,10-11H2,1H3,(H,19,20)(H,21,22)/p-1/t13-/m1/s1. The maximum absolute atomic E-state index is 11.8. The molecule has 1 fully saturated rings. The Hall–Kier alpha value is -2.32. The summed E-state index contributed by atoms with van der Waals surface area (Å²) < 4.78 is 0. The second-order valence-corrected chi connectivity index (χ2v) is 5.93. The Kier molecular flexibility index (Phi) is 5.41. The average molecular weight is 314 g/mol. The number of carbonyl (C=O) groups is 2. The van der Waals surface area contributed by atoms with Crippen LogP contribution in [-0.4, -0.2) is 28.6 Å². The molecule has 1 atom stereocenters. The summed E-state index contributed by atoms with van der Waals surface area (Å²) in [5.74, 6) is 4.06. The van der Waals surface area contributed by atoms with Gasteiger partial charge in [-0.05, 0) is 56.9 Å². The first kappa shape index (κ1) is 17.0. The lowest BCUT2D eigenvalue weighted by atomic mass is 9.85. The Labute approximate surface area is 135 Å². The highest BCUT2D eigenvalue weighted by molar-refractivity contribution is 5.96. The van der Waals surface area contributed by atoms with Crippen LogP contribution < -0.4 is 10.4 Å². The molecule has 1 amide bonds. The predicted octanol–water partition coefficient (Wildman–Crippen LogP) is 0.601. The van der Waals surface area contributed by atoms with Gasteiger partial charge in [-0.1, -0.05) is 18.3 Å². The average Bonchev–Trinajstić information content (AvgIpc) is 2.54. The highest BCUT2D eigenvalue weighted by Crippen LogP contribution is 2.27. The molecule has 0 aliphatic heterocycles. The SMILES string of the molecule is C[C@@H](NC(=O)c1ccc(C#CC2(O)CCCCC2)cc1)C(=O)[O-]. The number of nitrogens with one attached hydrogen (secondary N) is 1. The van der Waals surface area contributed by atoms with Crippen LogP contribution in [-0.2, 0) is 4.79 Å². The van der Waals surface area contributed by atoms with Crippen LogP contribution >= 0.6 is 0 Å². The van der Waals surface area contributed by atoms with E-state index in [1.54, 1.807) is 24.3 Å². The third-order valence-corrected chi connectivity index (χ3v) is 3.97. The molecule has 1 aromatic rings. The van der Waals surface area contributed by atoms with Gasteiger partial charge >= 0.3 is 0 Å². The molecule has 1 saturated carbocycles. The van der Waals surface area contributed by atoms with Crippen molar-refractivity contribution in [3.8, 4) is 11.8 Å². The molecule has 23 heavy (non-hydrogen) atoms. The number of aliphatic hydroxyl groups is 1. The fraction of sp³-hybridized carbons (Fsp3) is 0.444. The highest BCUT2D eigenvalue weighted by Gasteiger charge is 2.26. The zero-order valence-corrected chi connectivity index (χ0v) is 13.1. The van der Waals surface area contributed by atoms with E-state index in [1.165, 1.54) is 6.92 Å². The zero-order chi connectivity index (χ0) is 16.9. The summed E-state index contributed by atoms with van der Waals surface area (Å²) in [6, 6.07) is 5.45. The third-order valence-electron chi connectivity index (χ3n) is 3.97. The van der Waals surface area contributed by atoms with E-state index >= 15 is 0 Å². The molecule has 0 bridgehead atoms. The van der Waals surface area contributed by atoms with Gasteiger partial charge in [-0.3, -0.25) is 4.79 Å². The molecule has 0 unspecified atom stereocenters. The minimum Gasteiger partial charge on any atom is -0.548 e. The quantitative estimate of drug-likeness (QED) is 0.800. The maximum Gasteiger partial charge on any atom is 0.251 e. The minimum atomic E-state index is -1.33. The molecule has 2 rings (SSSR count). The van der Waals surface area contributed by atoms with Gasteiger partial charge < -0.3 is 20.3 Å². The van der Waals surface area contributed by atoms with Crippen molar-refractivity contribution in [1.82, 2.24) is 5.32 Å². The van der Waals surface area contributed by atoms with E-state index in [2.05, 4.69) is 17.2 Å². The number of hydrogen-bond donors (Lipinski definition) is 2. The first-order valence-corrected chi connectivity index (χ1v) is 7.77. The molecule has 1 aromatic carbocycles. The summed E-state index contributed by atoms with van der Waals surface area (Å²) in [4.78, 5) is 22.5. The second-order valence-electron chi connectivity index (χ2n) is 5.93. The monoisotopic (exact) mass is 314 g/mol. The highest BCUT2D eigenvalue weighted by atomic mass is 16.4. The first-order valence-electron chi connectivity index (χ1n) is 7.77. The van der Waals surface area contributed by atoms with Crippen LogP contribution in [0.4, 0.5) is 0 Å². The molecule has 0 saturated heterocycles. The number of rotatable bonds is 3. The summed E-state index contributed by atoms with van der Waals surface area (Å²) >= 11 is 0. The maximum atomic E-state index is 11.8. The van der Waals surface area contributed by atoms with Crippen LogP contribution in [0.2, 0.25) is 0 Å². The summed E-state index contributed by atoms with van der Waals surface area (Å²) in [7, 11) is 0. The van der Waals surface area contributed by atoms with Crippen molar-refractivity contribution in [2.45, 2.75) is 50.7 Å². The number of carboxylic acids is 1. The molecule has 122 valence electrons. The molecule has 5 nitrogen and oxygen atoms in total. The predicted molar refractivity (Wildman–Crippen MR) is 83.3 cm³/mol. The van der Waals surface area contributed by atoms with Crippen molar-refractivity contribution in [3.05, 3.63) is 35.4 Å². The van der Waals surface area contributed by atoms with Gasteiger partial charge in [0.2, 0.25) is 0 Å². The van der Waals surface area contributed by atoms with E-state index in [0.29, 0.717) is 24.0 Å². The van der Waals surface area contributed by atoms with E-state index in [-0.39, 0.29) is 0 Å². The van der Waals surface area contributed by atoms with E-state index in [1.807, 2.05) is 0 Å². The summed E-state index contributed by atoms with van der Waals surface area (Å²) in [6.07, 6.45) is 4.50. The second kappa shape index (κ2) is 7.30.